The predicted octanol–water partition coefficient (Wildman–Crippen LogP) is 1.42. The minimum Gasteiger partial charge on any atom is -0.355 e. The fourth-order valence-electron chi connectivity index (χ4n) is 2.12. The number of piperazine rings is 1. The third-order valence-electron chi connectivity index (χ3n) is 3.00. The Morgan fingerprint density at radius 1 is 1.67 bits per heavy atom. The zero-order chi connectivity index (χ0) is 13.0. The highest BCUT2D eigenvalue weighted by Crippen LogP contribution is 2.24. The van der Waals surface area contributed by atoms with Crippen LogP contribution < -0.4 is 10.6 Å². The zero-order valence-electron chi connectivity index (χ0n) is 10.4. The Kier molecular flexibility index (Phi) is 5.17. The maximum Gasteiger partial charge on any atom is 0.238 e. The number of nitrogens with zero attached hydrogens (tertiary/aromatic N) is 1. The number of hydrogen-bond acceptors (Lipinski definition) is 4. The standard InChI is InChI=1S/C12H18BrN3OS/c1-2-15-12(17)10-7-14-5-6-16(10)8-9-3-4-11(13)18-9/h3-4,10,14H,2,5-8H2,1H3,(H,15,17). The molecule has 2 N–H and O–H groups in total. The maximum absolute atomic E-state index is 12.0. The van der Waals surface area contributed by atoms with Gasteiger partial charge >= 0.3 is 0 Å². The van der Waals surface area contributed by atoms with Crippen molar-refractivity contribution in [1.82, 2.24) is 15.5 Å². The summed E-state index contributed by atoms with van der Waals surface area (Å²) in [6.45, 7) is 6.08. The molecule has 0 spiro atoms. The van der Waals surface area contributed by atoms with E-state index in [0.717, 1.165) is 30.0 Å². The van der Waals surface area contributed by atoms with Crippen LogP contribution in [-0.4, -0.2) is 43.0 Å². The van der Waals surface area contributed by atoms with Crippen molar-refractivity contribution in [3.8, 4) is 0 Å². The summed E-state index contributed by atoms with van der Waals surface area (Å²) in [5, 5.41) is 6.20. The lowest BCUT2D eigenvalue weighted by Crippen LogP contribution is -2.57. The van der Waals surface area contributed by atoms with Gasteiger partial charge in [0.15, 0.2) is 0 Å². The molecule has 1 aromatic heterocycles. The first-order chi connectivity index (χ1) is 8.70. The number of rotatable bonds is 4. The molecule has 100 valence electrons. The molecule has 0 aromatic carbocycles. The van der Waals surface area contributed by atoms with Crippen molar-refractivity contribution in [3.63, 3.8) is 0 Å². The van der Waals surface area contributed by atoms with Crippen LogP contribution in [0.1, 0.15) is 11.8 Å². The predicted molar refractivity (Wildman–Crippen MR) is 77.8 cm³/mol. The fraction of sp³-hybridized carbons (Fsp3) is 0.583. The number of carbonyl (C=O) groups is 1. The number of amides is 1. The first-order valence-electron chi connectivity index (χ1n) is 6.17. The smallest absolute Gasteiger partial charge is 0.238 e. The van der Waals surface area contributed by atoms with Gasteiger partial charge < -0.3 is 10.6 Å². The van der Waals surface area contributed by atoms with E-state index in [1.165, 1.54) is 4.88 Å². The lowest BCUT2D eigenvalue weighted by molar-refractivity contribution is -0.127. The average molecular weight is 332 g/mol. The van der Waals surface area contributed by atoms with E-state index >= 15 is 0 Å². The minimum absolute atomic E-state index is 0.0559. The molecule has 0 aliphatic carbocycles. The van der Waals surface area contributed by atoms with Gasteiger partial charge in [-0.1, -0.05) is 0 Å². The molecule has 1 saturated heterocycles. The van der Waals surface area contributed by atoms with E-state index in [-0.39, 0.29) is 11.9 Å². The molecule has 18 heavy (non-hydrogen) atoms. The molecule has 1 atom stereocenters. The monoisotopic (exact) mass is 331 g/mol. The number of thiophene rings is 1. The van der Waals surface area contributed by atoms with Crippen LogP contribution in [0.4, 0.5) is 0 Å². The average Bonchev–Trinajstić information content (AvgIpc) is 2.76. The van der Waals surface area contributed by atoms with Crippen LogP contribution in [0, 0.1) is 0 Å². The van der Waals surface area contributed by atoms with E-state index in [2.05, 4.69) is 43.6 Å². The van der Waals surface area contributed by atoms with Crippen molar-refractivity contribution >= 4 is 33.2 Å². The van der Waals surface area contributed by atoms with Crippen molar-refractivity contribution in [3.05, 3.63) is 20.8 Å². The lowest BCUT2D eigenvalue weighted by atomic mass is 10.1. The van der Waals surface area contributed by atoms with E-state index in [9.17, 15) is 4.79 Å². The molecule has 6 heteroatoms. The zero-order valence-corrected chi connectivity index (χ0v) is 12.8. The van der Waals surface area contributed by atoms with Gasteiger partial charge in [-0.2, -0.15) is 0 Å². The summed E-state index contributed by atoms with van der Waals surface area (Å²) in [7, 11) is 0. The Labute approximate surface area is 120 Å². The van der Waals surface area contributed by atoms with Crippen molar-refractivity contribution in [2.24, 2.45) is 0 Å². The number of halogens is 1. The summed E-state index contributed by atoms with van der Waals surface area (Å²) in [5.41, 5.74) is 0. The Hall–Kier alpha value is -0.430. The highest BCUT2D eigenvalue weighted by molar-refractivity contribution is 9.11. The maximum atomic E-state index is 12.0. The second-order valence-corrected chi connectivity index (χ2v) is 6.84. The highest BCUT2D eigenvalue weighted by Gasteiger charge is 2.28. The molecule has 1 aromatic rings. The molecule has 4 nitrogen and oxygen atoms in total. The number of hydrogen-bond donors (Lipinski definition) is 2. The summed E-state index contributed by atoms with van der Waals surface area (Å²) in [6, 6.07) is 4.12. The molecule has 1 aliphatic rings. The lowest BCUT2D eigenvalue weighted by Gasteiger charge is -2.34. The van der Waals surface area contributed by atoms with E-state index in [4.69, 9.17) is 0 Å². The van der Waals surface area contributed by atoms with Crippen LogP contribution in [0.15, 0.2) is 15.9 Å². The third-order valence-corrected chi connectivity index (χ3v) is 4.60. The Morgan fingerprint density at radius 2 is 2.50 bits per heavy atom. The van der Waals surface area contributed by atoms with Crippen LogP contribution in [0.5, 0.6) is 0 Å². The summed E-state index contributed by atoms with van der Waals surface area (Å²) >= 11 is 5.21. The van der Waals surface area contributed by atoms with Gasteiger partial charge in [-0.15, -0.1) is 11.3 Å². The van der Waals surface area contributed by atoms with E-state index in [1.807, 2.05) is 6.92 Å². The van der Waals surface area contributed by atoms with Gasteiger partial charge in [0.25, 0.3) is 0 Å². The van der Waals surface area contributed by atoms with E-state index in [1.54, 1.807) is 11.3 Å². The van der Waals surface area contributed by atoms with Gasteiger partial charge in [0, 0.05) is 37.6 Å². The topological polar surface area (TPSA) is 44.4 Å². The molecule has 1 unspecified atom stereocenters. The molecule has 1 fully saturated rings. The van der Waals surface area contributed by atoms with Gasteiger partial charge in [0.2, 0.25) is 5.91 Å². The molecular weight excluding hydrogens is 314 g/mol. The molecule has 2 rings (SSSR count). The van der Waals surface area contributed by atoms with Crippen molar-refractivity contribution in [1.29, 1.82) is 0 Å². The fourth-order valence-corrected chi connectivity index (χ4v) is 3.63. The van der Waals surface area contributed by atoms with Crippen LogP contribution in [0.2, 0.25) is 0 Å². The van der Waals surface area contributed by atoms with Gasteiger partial charge in [-0.05, 0) is 35.0 Å². The van der Waals surface area contributed by atoms with E-state index < -0.39 is 0 Å². The van der Waals surface area contributed by atoms with Gasteiger partial charge in [-0.3, -0.25) is 9.69 Å². The first-order valence-corrected chi connectivity index (χ1v) is 7.78. The van der Waals surface area contributed by atoms with Gasteiger partial charge in [0.05, 0.1) is 3.79 Å². The van der Waals surface area contributed by atoms with E-state index in [0.29, 0.717) is 6.54 Å². The van der Waals surface area contributed by atoms with Crippen LogP contribution in [0.3, 0.4) is 0 Å². The number of likely N-dealkylation sites (N-methyl/N-ethyl adjacent to an activating group) is 1. The van der Waals surface area contributed by atoms with Gasteiger partial charge in [0.1, 0.15) is 6.04 Å². The van der Waals surface area contributed by atoms with Crippen LogP contribution in [0.25, 0.3) is 0 Å². The number of carbonyl (C=O) groups excluding carboxylic acids is 1. The minimum atomic E-state index is -0.0559. The van der Waals surface area contributed by atoms with Crippen LogP contribution in [-0.2, 0) is 11.3 Å². The molecule has 1 aliphatic heterocycles. The highest BCUT2D eigenvalue weighted by atomic mass is 79.9. The summed E-state index contributed by atoms with van der Waals surface area (Å²) < 4.78 is 1.14. The first kappa shape index (κ1) is 14.0. The summed E-state index contributed by atoms with van der Waals surface area (Å²) in [4.78, 5) is 15.5. The van der Waals surface area contributed by atoms with Crippen LogP contribution >= 0.6 is 27.3 Å². The molecule has 0 saturated carbocycles. The largest absolute Gasteiger partial charge is 0.355 e. The Bertz CT molecular complexity index is 410. The molecule has 0 radical (unpaired) electrons. The van der Waals surface area contributed by atoms with Gasteiger partial charge in [-0.25, -0.2) is 0 Å². The molecule has 0 bridgehead atoms. The van der Waals surface area contributed by atoms with Crippen molar-refractivity contribution in [2.75, 3.05) is 26.2 Å². The Morgan fingerprint density at radius 3 is 3.17 bits per heavy atom. The second-order valence-electron chi connectivity index (χ2n) is 4.29. The summed E-state index contributed by atoms with van der Waals surface area (Å²) in [6.07, 6.45) is 0. The molecule has 2 heterocycles. The molecular formula is C12H18BrN3OS. The third kappa shape index (κ3) is 3.54. The quantitative estimate of drug-likeness (QED) is 0.877. The van der Waals surface area contributed by atoms with Crippen molar-refractivity contribution < 1.29 is 4.79 Å². The normalized spacial score (nSPS) is 20.9. The summed E-state index contributed by atoms with van der Waals surface area (Å²) in [5.74, 6) is 0.125. The number of nitrogens with one attached hydrogen (secondary N) is 2. The SMILES string of the molecule is CCNC(=O)C1CNCCN1Cc1ccc(Br)s1. The molecule has 1 amide bonds. The second kappa shape index (κ2) is 6.65. The Balaban J connectivity index is 2.01. The van der Waals surface area contributed by atoms with Crippen molar-refractivity contribution in [2.45, 2.75) is 19.5 Å².